The first-order chi connectivity index (χ1) is 13.4. The minimum atomic E-state index is -0.501. The van der Waals surface area contributed by atoms with E-state index in [0.29, 0.717) is 25.4 Å². The zero-order valence-corrected chi connectivity index (χ0v) is 16.8. The van der Waals surface area contributed by atoms with Gasteiger partial charge in [-0.3, -0.25) is 9.59 Å². The smallest absolute Gasteiger partial charge is 0.271 e. The Bertz CT molecular complexity index is 819. The van der Waals surface area contributed by atoms with Crippen LogP contribution in [0, 0.1) is 12.3 Å². The number of aryl methyl sites for hydroxylation is 1. The Kier molecular flexibility index (Phi) is 4.75. The van der Waals surface area contributed by atoms with E-state index in [1.54, 1.807) is 0 Å². The number of carbonyl (C=O) groups is 2. The fourth-order valence-electron chi connectivity index (χ4n) is 4.86. The molecule has 150 valence electrons. The maximum atomic E-state index is 13.3. The number of hydrogen-bond donors (Lipinski definition) is 0. The van der Waals surface area contributed by atoms with Gasteiger partial charge in [0.25, 0.3) is 5.91 Å². The zero-order valence-electron chi connectivity index (χ0n) is 16.8. The highest BCUT2D eigenvalue weighted by molar-refractivity contribution is 5.93. The number of ether oxygens (including phenoxy) is 1. The van der Waals surface area contributed by atoms with Crippen molar-refractivity contribution in [3.8, 4) is 12.3 Å². The predicted molar refractivity (Wildman–Crippen MR) is 106 cm³/mol. The molecular formula is C22H29N3O3. The topological polar surface area (TPSA) is 54.8 Å². The molecule has 1 saturated carbocycles. The van der Waals surface area contributed by atoms with Crippen LogP contribution in [0.2, 0.25) is 0 Å². The standard InChI is InChI=1S/C22H29N3O3/c1-4-21(2)9-7-13-24(21)19(26)14-17-15-25(22(16-28-17)10-6-11-22)20(27)18-8-5-12-23(18)3/h1,5,8,12,17H,6-7,9-11,13-16H2,2-3H3/t17?,21-/m1/s1. The van der Waals surface area contributed by atoms with Crippen LogP contribution in [0.3, 0.4) is 0 Å². The lowest BCUT2D eigenvalue weighted by atomic mass is 9.74. The molecule has 2 atom stereocenters. The van der Waals surface area contributed by atoms with Crippen molar-refractivity contribution >= 4 is 11.8 Å². The molecule has 2 saturated heterocycles. The molecule has 2 aliphatic heterocycles. The van der Waals surface area contributed by atoms with Crippen molar-refractivity contribution in [3.05, 3.63) is 24.0 Å². The summed E-state index contributed by atoms with van der Waals surface area (Å²) in [5.41, 5.74) is -0.0286. The monoisotopic (exact) mass is 383 g/mol. The van der Waals surface area contributed by atoms with Gasteiger partial charge < -0.3 is 19.1 Å². The van der Waals surface area contributed by atoms with Crippen molar-refractivity contribution in [2.24, 2.45) is 7.05 Å². The molecule has 4 rings (SSSR count). The maximum absolute atomic E-state index is 13.3. The second-order valence-electron chi connectivity index (χ2n) is 8.70. The van der Waals surface area contributed by atoms with Gasteiger partial charge in [-0.25, -0.2) is 0 Å². The summed E-state index contributed by atoms with van der Waals surface area (Å²) in [6, 6.07) is 3.74. The second-order valence-corrected chi connectivity index (χ2v) is 8.70. The van der Waals surface area contributed by atoms with Crippen molar-refractivity contribution < 1.29 is 14.3 Å². The van der Waals surface area contributed by atoms with Gasteiger partial charge in [-0.2, -0.15) is 0 Å². The lowest BCUT2D eigenvalue weighted by molar-refractivity contribution is -0.149. The predicted octanol–water partition coefficient (Wildman–Crippen LogP) is 2.19. The Morgan fingerprint density at radius 2 is 2.07 bits per heavy atom. The SMILES string of the molecule is C#C[C@]1(C)CCCN1C(=O)CC1CN(C(=O)c2cccn2C)C2(CCC2)CO1. The third-order valence-corrected chi connectivity index (χ3v) is 6.89. The van der Waals surface area contributed by atoms with Gasteiger partial charge in [0.05, 0.1) is 24.7 Å². The summed E-state index contributed by atoms with van der Waals surface area (Å²) in [6.45, 7) is 3.61. The van der Waals surface area contributed by atoms with Crippen LogP contribution in [0.25, 0.3) is 0 Å². The van der Waals surface area contributed by atoms with Gasteiger partial charge >= 0.3 is 0 Å². The molecule has 6 heteroatoms. The number of hydrogen-bond acceptors (Lipinski definition) is 3. The van der Waals surface area contributed by atoms with Crippen LogP contribution in [-0.4, -0.2) is 63.1 Å². The fraction of sp³-hybridized carbons (Fsp3) is 0.636. The highest BCUT2D eigenvalue weighted by Gasteiger charge is 2.50. The third kappa shape index (κ3) is 3.02. The molecule has 0 bridgehead atoms. The van der Waals surface area contributed by atoms with Crippen molar-refractivity contribution in [3.63, 3.8) is 0 Å². The minimum Gasteiger partial charge on any atom is -0.373 e. The molecule has 0 aromatic carbocycles. The molecule has 1 spiro atoms. The van der Waals surface area contributed by atoms with E-state index in [9.17, 15) is 9.59 Å². The van der Waals surface area contributed by atoms with E-state index in [4.69, 9.17) is 11.2 Å². The molecule has 0 radical (unpaired) electrons. The molecular weight excluding hydrogens is 354 g/mol. The van der Waals surface area contributed by atoms with Gasteiger partial charge in [-0.15, -0.1) is 6.42 Å². The molecule has 28 heavy (non-hydrogen) atoms. The van der Waals surface area contributed by atoms with Gasteiger partial charge in [0, 0.05) is 26.3 Å². The van der Waals surface area contributed by atoms with E-state index in [1.807, 2.05) is 46.7 Å². The molecule has 1 aliphatic carbocycles. The van der Waals surface area contributed by atoms with Gasteiger partial charge in [0.15, 0.2) is 0 Å². The van der Waals surface area contributed by atoms with Crippen LogP contribution in [0.1, 0.15) is 55.9 Å². The van der Waals surface area contributed by atoms with Crippen molar-refractivity contribution in [1.29, 1.82) is 0 Å². The van der Waals surface area contributed by atoms with Crippen LogP contribution in [0.5, 0.6) is 0 Å². The molecule has 1 unspecified atom stereocenters. The Balaban J connectivity index is 1.49. The summed E-state index contributed by atoms with van der Waals surface area (Å²) in [4.78, 5) is 30.0. The first-order valence-electron chi connectivity index (χ1n) is 10.2. The Labute approximate surface area is 166 Å². The minimum absolute atomic E-state index is 0.0266. The molecule has 3 heterocycles. The first kappa shape index (κ1) is 19.1. The first-order valence-corrected chi connectivity index (χ1v) is 10.2. The highest BCUT2D eigenvalue weighted by Crippen LogP contribution is 2.42. The van der Waals surface area contributed by atoms with Crippen molar-refractivity contribution in [2.75, 3.05) is 19.7 Å². The second kappa shape index (κ2) is 6.97. The zero-order chi connectivity index (χ0) is 19.9. The normalized spacial score (nSPS) is 28.8. The van der Waals surface area contributed by atoms with Gasteiger partial charge in [-0.05, 0) is 51.2 Å². The third-order valence-electron chi connectivity index (χ3n) is 6.89. The lowest BCUT2D eigenvalue weighted by Crippen LogP contribution is -2.65. The molecule has 2 amide bonds. The van der Waals surface area contributed by atoms with Gasteiger partial charge in [0.2, 0.25) is 5.91 Å². The maximum Gasteiger partial charge on any atom is 0.271 e. The number of rotatable bonds is 3. The van der Waals surface area contributed by atoms with Gasteiger partial charge in [-0.1, -0.05) is 5.92 Å². The van der Waals surface area contributed by atoms with Crippen LogP contribution < -0.4 is 0 Å². The van der Waals surface area contributed by atoms with Crippen LogP contribution in [-0.2, 0) is 16.6 Å². The van der Waals surface area contributed by atoms with Crippen LogP contribution >= 0.6 is 0 Å². The molecule has 3 fully saturated rings. The Hall–Kier alpha value is -2.26. The quantitative estimate of drug-likeness (QED) is 0.752. The van der Waals surface area contributed by atoms with E-state index >= 15 is 0 Å². The molecule has 0 N–H and O–H groups in total. The fourth-order valence-corrected chi connectivity index (χ4v) is 4.86. The average molecular weight is 383 g/mol. The van der Waals surface area contributed by atoms with Crippen LogP contribution in [0.15, 0.2) is 18.3 Å². The van der Waals surface area contributed by atoms with Gasteiger partial charge in [0.1, 0.15) is 11.2 Å². The Morgan fingerprint density at radius 1 is 1.29 bits per heavy atom. The van der Waals surface area contributed by atoms with Crippen molar-refractivity contribution in [2.45, 2.75) is 62.6 Å². The summed E-state index contributed by atoms with van der Waals surface area (Å²) < 4.78 is 7.95. The number of aromatic nitrogens is 1. The average Bonchev–Trinajstić information content (AvgIpc) is 3.26. The van der Waals surface area contributed by atoms with Crippen LogP contribution in [0.4, 0.5) is 0 Å². The van der Waals surface area contributed by atoms with E-state index < -0.39 is 5.54 Å². The number of carbonyl (C=O) groups excluding carboxylic acids is 2. The van der Waals surface area contributed by atoms with Crippen molar-refractivity contribution in [1.82, 2.24) is 14.4 Å². The summed E-state index contributed by atoms with van der Waals surface area (Å²) in [5.74, 6) is 2.85. The molecule has 3 aliphatic rings. The number of nitrogens with zero attached hydrogens (tertiary/aromatic N) is 3. The van der Waals surface area contributed by atoms with E-state index in [-0.39, 0.29) is 29.9 Å². The summed E-state index contributed by atoms with van der Waals surface area (Å²) in [5, 5.41) is 0. The number of morpholine rings is 1. The molecule has 1 aromatic rings. The van der Waals surface area contributed by atoms with E-state index in [2.05, 4.69) is 5.92 Å². The lowest BCUT2D eigenvalue weighted by Gasteiger charge is -2.54. The number of terminal acetylenes is 1. The van der Waals surface area contributed by atoms with E-state index in [1.165, 1.54) is 0 Å². The number of likely N-dealkylation sites (tertiary alicyclic amines) is 1. The summed E-state index contributed by atoms with van der Waals surface area (Å²) in [6.07, 6.45) is 12.4. The molecule has 1 aromatic heterocycles. The van der Waals surface area contributed by atoms with E-state index in [0.717, 1.165) is 32.1 Å². The summed E-state index contributed by atoms with van der Waals surface area (Å²) >= 11 is 0. The Morgan fingerprint density at radius 3 is 2.68 bits per heavy atom. The highest BCUT2D eigenvalue weighted by atomic mass is 16.5. The molecule has 6 nitrogen and oxygen atoms in total. The summed E-state index contributed by atoms with van der Waals surface area (Å²) in [7, 11) is 1.89. The number of amides is 2. The largest absolute Gasteiger partial charge is 0.373 e.